The molecule has 0 aliphatic carbocycles. The Kier molecular flexibility index (Phi) is 9.09. The fourth-order valence-corrected chi connectivity index (χ4v) is 8.17. The Hall–Kier alpha value is -2.14. The highest BCUT2D eigenvalue weighted by Crippen LogP contribution is 2.31. The van der Waals surface area contributed by atoms with Gasteiger partial charge in [0.2, 0.25) is 20.8 Å². The van der Waals surface area contributed by atoms with Crippen molar-refractivity contribution in [3.63, 3.8) is 0 Å². The quantitative estimate of drug-likeness (QED) is 0.121. The molecular formula is C26H38N8O8S2. The summed E-state index contributed by atoms with van der Waals surface area (Å²) in [6, 6.07) is 21.9. The van der Waals surface area contributed by atoms with Crippen molar-refractivity contribution in [3.05, 3.63) is 71.8 Å². The van der Waals surface area contributed by atoms with Gasteiger partial charge in [-0.1, -0.05) is 60.7 Å². The molecule has 242 valence electrons. The lowest BCUT2D eigenvalue weighted by atomic mass is 10.1. The van der Waals surface area contributed by atoms with E-state index >= 15 is 0 Å². The van der Waals surface area contributed by atoms with E-state index in [0.717, 1.165) is 0 Å². The third kappa shape index (κ3) is 8.36. The summed E-state index contributed by atoms with van der Waals surface area (Å²) in [4.78, 5) is 15.4. The molecule has 8 heterocycles. The summed E-state index contributed by atoms with van der Waals surface area (Å²) in [6.45, 7) is 16.7. The minimum Gasteiger partial charge on any atom is -0.724 e. The number of hydrogen-bond donors (Lipinski definition) is 0. The highest BCUT2D eigenvalue weighted by Gasteiger charge is 2.49. The Balaban J connectivity index is 0.000000122. The molecule has 0 atom stereocenters. The van der Waals surface area contributed by atoms with E-state index in [9.17, 15) is 25.9 Å². The van der Waals surface area contributed by atoms with Gasteiger partial charge >= 0.3 is 0 Å². The van der Waals surface area contributed by atoms with Crippen molar-refractivity contribution in [1.82, 2.24) is 29.4 Å². The first-order valence-corrected chi connectivity index (χ1v) is 16.9. The fraction of sp³-hybridized carbons (Fsp3) is 0.538. The highest BCUT2D eigenvalue weighted by atomic mass is 32.3. The van der Waals surface area contributed by atoms with Crippen molar-refractivity contribution in [2.75, 3.05) is 80.0 Å². The molecule has 0 spiro atoms. The number of nitrogens with zero attached hydrogens (tertiary/aromatic N) is 8. The Labute approximate surface area is 258 Å². The van der Waals surface area contributed by atoms with E-state index in [1.807, 2.05) is 0 Å². The van der Waals surface area contributed by atoms with E-state index < -0.39 is 20.8 Å². The Morgan fingerprint density at radius 1 is 0.500 bits per heavy atom. The van der Waals surface area contributed by atoms with Gasteiger partial charge in [-0.15, -0.1) is 8.67 Å². The van der Waals surface area contributed by atoms with E-state index in [1.54, 1.807) is 0 Å². The summed E-state index contributed by atoms with van der Waals surface area (Å²) < 4.78 is 63.8. The van der Waals surface area contributed by atoms with Gasteiger partial charge in [-0.25, -0.2) is 46.2 Å². The molecule has 8 saturated heterocycles. The van der Waals surface area contributed by atoms with Gasteiger partial charge in [0.15, 0.2) is 0 Å². The van der Waals surface area contributed by atoms with Crippen LogP contribution in [0.5, 0.6) is 0 Å². The van der Waals surface area contributed by atoms with E-state index in [4.69, 9.17) is 0 Å². The van der Waals surface area contributed by atoms with Crippen molar-refractivity contribution in [2.24, 2.45) is 0 Å². The zero-order valence-electron chi connectivity index (χ0n) is 24.3. The average Bonchev–Trinajstić information content (AvgIpc) is 2.91. The molecule has 0 radical (unpaired) electrons. The zero-order valence-corrected chi connectivity index (χ0v) is 26.0. The lowest BCUT2D eigenvalue weighted by Gasteiger charge is -2.60. The molecule has 0 aromatic heterocycles. The van der Waals surface area contributed by atoms with Crippen molar-refractivity contribution in [3.8, 4) is 0 Å². The van der Waals surface area contributed by atoms with Crippen LogP contribution in [0.25, 0.3) is 0 Å². The lowest BCUT2D eigenvalue weighted by molar-refractivity contribution is -0.991. The topological polar surface area (TPSA) is 152 Å². The van der Waals surface area contributed by atoms with Crippen LogP contribution in [-0.2, 0) is 42.6 Å². The largest absolute Gasteiger partial charge is 0.724 e. The van der Waals surface area contributed by atoms with Crippen molar-refractivity contribution in [2.45, 2.75) is 13.1 Å². The molecule has 2 aromatic carbocycles. The number of hydrogen-bond acceptors (Lipinski definition) is 14. The van der Waals surface area contributed by atoms with Gasteiger partial charge in [-0.05, 0) is 0 Å². The van der Waals surface area contributed by atoms with Gasteiger partial charge in [0, 0.05) is 11.1 Å². The normalized spacial score (nSPS) is 36.2. The highest BCUT2D eigenvalue weighted by molar-refractivity contribution is 7.83. The molecule has 8 aliphatic heterocycles. The summed E-state index contributed by atoms with van der Waals surface area (Å²) >= 11 is 0. The summed E-state index contributed by atoms with van der Waals surface area (Å²) in [5.74, 6) is 0. The summed E-state index contributed by atoms with van der Waals surface area (Å²) in [7, 11) is -10.6. The van der Waals surface area contributed by atoms with Gasteiger partial charge < -0.3 is 9.11 Å². The first-order chi connectivity index (χ1) is 20.8. The first-order valence-electron chi connectivity index (χ1n) is 14.3. The van der Waals surface area contributed by atoms with Crippen LogP contribution in [-0.4, -0.2) is 144 Å². The van der Waals surface area contributed by atoms with Crippen LogP contribution in [0.15, 0.2) is 60.7 Å². The Morgan fingerprint density at radius 2 is 0.750 bits per heavy atom. The Morgan fingerprint density at radius 3 is 0.977 bits per heavy atom. The number of benzene rings is 2. The van der Waals surface area contributed by atoms with Crippen LogP contribution in [0, 0.1) is 0 Å². The molecule has 0 N–H and O–H groups in total. The predicted octanol–water partition coefficient (Wildman–Crippen LogP) is -0.755. The van der Waals surface area contributed by atoms with Crippen LogP contribution >= 0.6 is 0 Å². The molecule has 0 unspecified atom stereocenters. The fourth-order valence-electron chi connectivity index (χ4n) is 7.63. The smallest absolute Gasteiger partial charge is 0.246 e. The lowest BCUT2D eigenvalue weighted by Crippen LogP contribution is -2.78. The maximum Gasteiger partial charge on any atom is 0.246 e. The van der Waals surface area contributed by atoms with E-state index in [0.29, 0.717) is 0 Å². The van der Waals surface area contributed by atoms with E-state index in [1.165, 1.54) is 113 Å². The molecular weight excluding hydrogens is 616 g/mol. The van der Waals surface area contributed by atoms with Crippen LogP contribution in [0.3, 0.4) is 0 Å². The van der Waals surface area contributed by atoms with Crippen LogP contribution < -0.4 is 0 Å². The summed E-state index contributed by atoms with van der Waals surface area (Å²) in [5, 5.41) is 0. The standard InChI is InChI=1S/2C13H19N4.H2O8S2/c2*1-2-4-13(5-3-1)6-17-10-14-7-15(11-17)9-16(8-14)12-17;1-9(2,3)7-8-10(4,5)6/h2*1-5H,6-12H2;(H,1,2,3)(H,4,5,6)/q2*+1;/p-2. The molecule has 44 heavy (non-hydrogen) atoms. The van der Waals surface area contributed by atoms with Crippen LogP contribution in [0.1, 0.15) is 11.1 Å². The van der Waals surface area contributed by atoms with Gasteiger partial charge in [-0.3, -0.25) is 8.97 Å². The van der Waals surface area contributed by atoms with Gasteiger partial charge in [0.1, 0.15) is 53.1 Å². The average molecular weight is 655 g/mol. The molecule has 8 aliphatic rings. The molecule has 2 aromatic rings. The number of rotatable bonds is 7. The van der Waals surface area contributed by atoms with E-state index in [2.05, 4.69) is 98.7 Å². The summed E-state index contributed by atoms with van der Waals surface area (Å²) in [5.41, 5.74) is 2.94. The minimum atomic E-state index is -5.31. The molecule has 18 heteroatoms. The van der Waals surface area contributed by atoms with Crippen molar-refractivity contribution >= 4 is 20.8 Å². The van der Waals surface area contributed by atoms with Gasteiger partial charge in [0.25, 0.3) is 0 Å². The molecule has 16 nitrogen and oxygen atoms in total. The second-order valence-corrected chi connectivity index (χ2v) is 14.6. The molecule has 8 fully saturated rings. The maximum absolute atomic E-state index is 9.37. The Bertz CT molecular complexity index is 1320. The maximum atomic E-state index is 9.37. The van der Waals surface area contributed by atoms with Gasteiger partial charge in [-0.2, -0.15) is 0 Å². The molecule has 10 rings (SSSR count). The van der Waals surface area contributed by atoms with Crippen LogP contribution in [0.4, 0.5) is 0 Å². The summed E-state index contributed by atoms with van der Waals surface area (Å²) in [6.07, 6.45) is 0. The second kappa shape index (κ2) is 12.6. The van der Waals surface area contributed by atoms with Crippen molar-refractivity contribution < 1.29 is 43.6 Å². The first kappa shape index (κ1) is 31.8. The van der Waals surface area contributed by atoms with Crippen molar-refractivity contribution in [1.29, 1.82) is 0 Å². The van der Waals surface area contributed by atoms with Gasteiger partial charge in [0.05, 0.1) is 40.0 Å². The number of quaternary nitrogens is 2. The second-order valence-electron chi connectivity index (χ2n) is 12.6. The zero-order chi connectivity index (χ0) is 31.0. The minimum absolute atomic E-state index is 1.17. The third-order valence-electron chi connectivity index (χ3n) is 8.32. The molecule has 0 saturated carbocycles. The van der Waals surface area contributed by atoms with E-state index in [-0.39, 0.29) is 0 Å². The molecule has 8 bridgehead atoms. The van der Waals surface area contributed by atoms with Crippen LogP contribution in [0.2, 0.25) is 0 Å². The monoisotopic (exact) mass is 654 g/mol. The SMILES string of the molecule is O=S(=O)([O-])OOS(=O)(=O)[O-].c1ccc(C[N+]23CN4CN(CN(C4)C2)C3)cc1.c1ccc(C[N+]23CN4CN(CN(C4)C2)C3)cc1. The molecule has 0 amide bonds. The predicted molar refractivity (Wildman–Crippen MR) is 152 cm³/mol. The third-order valence-corrected chi connectivity index (χ3v) is 8.87.